The Morgan fingerprint density at radius 1 is 1.08 bits per heavy atom. The summed E-state index contributed by atoms with van der Waals surface area (Å²) in [6.07, 6.45) is 4.46. The van der Waals surface area contributed by atoms with E-state index in [1.165, 1.54) is 18.4 Å². The van der Waals surface area contributed by atoms with Gasteiger partial charge >= 0.3 is 0 Å². The maximum atomic E-state index is 12.8. The molecule has 0 aromatic heterocycles. The van der Waals surface area contributed by atoms with Crippen molar-refractivity contribution in [2.24, 2.45) is 11.7 Å². The van der Waals surface area contributed by atoms with E-state index >= 15 is 0 Å². The minimum absolute atomic E-state index is 0. The molecule has 4 heteroatoms. The van der Waals surface area contributed by atoms with E-state index in [0.29, 0.717) is 5.92 Å². The highest BCUT2D eigenvalue weighted by Gasteiger charge is 2.34. The molecule has 0 spiro atoms. The molecule has 25 heavy (non-hydrogen) atoms. The number of nitrogens with zero attached hydrogens (tertiary/aromatic N) is 1. The lowest BCUT2D eigenvalue weighted by Gasteiger charge is -2.32. The summed E-state index contributed by atoms with van der Waals surface area (Å²) in [6.45, 7) is 0. The fourth-order valence-electron chi connectivity index (χ4n) is 3.87. The van der Waals surface area contributed by atoms with Gasteiger partial charge in [0.15, 0.2) is 0 Å². The van der Waals surface area contributed by atoms with Crippen LogP contribution in [0.15, 0.2) is 60.7 Å². The Morgan fingerprint density at radius 3 is 2.32 bits per heavy atom. The zero-order valence-electron chi connectivity index (χ0n) is 14.7. The lowest BCUT2D eigenvalue weighted by Crippen LogP contribution is -2.44. The summed E-state index contributed by atoms with van der Waals surface area (Å²) in [7, 11) is 1.92. The second-order valence-corrected chi connectivity index (χ2v) is 6.79. The van der Waals surface area contributed by atoms with E-state index in [2.05, 4.69) is 24.3 Å². The number of rotatable bonds is 5. The Labute approximate surface area is 156 Å². The van der Waals surface area contributed by atoms with Crippen molar-refractivity contribution in [1.29, 1.82) is 0 Å². The third-order valence-corrected chi connectivity index (χ3v) is 5.23. The van der Waals surface area contributed by atoms with Crippen LogP contribution in [0.5, 0.6) is 0 Å². The van der Waals surface area contributed by atoms with Crippen molar-refractivity contribution in [3.63, 3.8) is 0 Å². The standard InChI is InChI=1S/C21H26N2O.ClH/c1-23(21(24)20(22)17-11-6-3-7-12-17)19-14-8-13-18(19)15-16-9-4-2-5-10-16;/h2-7,9-12,18-20H,8,13-15,22H2,1H3;1H. The molecule has 0 saturated heterocycles. The second kappa shape index (κ2) is 9.02. The number of amides is 1. The van der Waals surface area contributed by atoms with Gasteiger partial charge in [-0.25, -0.2) is 0 Å². The van der Waals surface area contributed by atoms with E-state index in [-0.39, 0.29) is 24.4 Å². The van der Waals surface area contributed by atoms with Crippen molar-refractivity contribution < 1.29 is 4.79 Å². The van der Waals surface area contributed by atoms with E-state index in [4.69, 9.17) is 5.73 Å². The smallest absolute Gasteiger partial charge is 0.244 e. The maximum absolute atomic E-state index is 12.8. The molecule has 0 bridgehead atoms. The SMILES string of the molecule is CN(C(=O)C(N)c1ccccc1)C1CCCC1Cc1ccccc1.Cl. The molecule has 0 aliphatic heterocycles. The Balaban J connectivity index is 0.00000225. The zero-order valence-corrected chi connectivity index (χ0v) is 15.5. The Kier molecular flexibility index (Phi) is 7.03. The average Bonchev–Trinajstić information content (AvgIpc) is 3.09. The van der Waals surface area contributed by atoms with E-state index in [1.54, 1.807) is 0 Å². The topological polar surface area (TPSA) is 46.3 Å². The average molecular weight is 359 g/mol. The zero-order chi connectivity index (χ0) is 16.9. The van der Waals surface area contributed by atoms with Crippen molar-refractivity contribution in [2.75, 3.05) is 7.05 Å². The second-order valence-electron chi connectivity index (χ2n) is 6.79. The van der Waals surface area contributed by atoms with Crippen molar-refractivity contribution in [1.82, 2.24) is 4.90 Å². The number of likely N-dealkylation sites (N-methyl/N-ethyl adjacent to an activating group) is 1. The van der Waals surface area contributed by atoms with Gasteiger partial charge in [-0.2, -0.15) is 0 Å². The third-order valence-electron chi connectivity index (χ3n) is 5.23. The molecule has 1 saturated carbocycles. The lowest BCUT2D eigenvalue weighted by molar-refractivity contribution is -0.134. The fraction of sp³-hybridized carbons (Fsp3) is 0.381. The molecule has 2 N–H and O–H groups in total. The summed E-state index contributed by atoms with van der Waals surface area (Å²) in [5.41, 5.74) is 8.44. The van der Waals surface area contributed by atoms with Gasteiger partial charge in [0.25, 0.3) is 0 Å². The van der Waals surface area contributed by atoms with Gasteiger partial charge in [0.05, 0.1) is 0 Å². The molecule has 3 rings (SSSR count). The molecule has 2 aromatic carbocycles. The number of carbonyl (C=O) groups is 1. The van der Waals surface area contributed by atoms with Crippen molar-refractivity contribution >= 4 is 18.3 Å². The summed E-state index contributed by atoms with van der Waals surface area (Å²) in [5.74, 6) is 0.537. The fourth-order valence-corrected chi connectivity index (χ4v) is 3.87. The molecule has 2 aromatic rings. The van der Waals surface area contributed by atoms with Gasteiger partial charge in [-0.05, 0) is 36.3 Å². The number of halogens is 1. The maximum Gasteiger partial charge on any atom is 0.244 e. The van der Waals surface area contributed by atoms with Gasteiger partial charge in [-0.15, -0.1) is 12.4 Å². The number of hydrogen-bond acceptors (Lipinski definition) is 2. The first kappa shape index (κ1) is 19.5. The van der Waals surface area contributed by atoms with Crippen LogP contribution in [-0.2, 0) is 11.2 Å². The Bertz CT molecular complexity index is 662. The van der Waals surface area contributed by atoms with Gasteiger partial charge in [0.2, 0.25) is 5.91 Å². The molecule has 1 amide bonds. The Hall–Kier alpha value is -1.84. The van der Waals surface area contributed by atoms with Gasteiger partial charge in [0.1, 0.15) is 6.04 Å². The molecule has 3 atom stereocenters. The number of benzene rings is 2. The van der Waals surface area contributed by atoms with Crippen LogP contribution in [0.2, 0.25) is 0 Å². The van der Waals surface area contributed by atoms with Crippen LogP contribution in [0.1, 0.15) is 36.4 Å². The molecule has 3 unspecified atom stereocenters. The summed E-state index contributed by atoms with van der Waals surface area (Å²) < 4.78 is 0. The molecular weight excluding hydrogens is 332 g/mol. The van der Waals surface area contributed by atoms with Crippen LogP contribution in [0.25, 0.3) is 0 Å². The molecular formula is C21H27ClN2O. The first-order valence-electron chi connectivity index (χ1n) is 8.78. The van der Waals surface area contributed by atoms with E-state index in [0.717, 1.165) is 18.4 Å². The molecule has 0 radical (unpaired) electrons. The van der Waals surface area contributed by atoms with E-state index in [9.17, 15) is 4.79 Å². The highest BCUT2D eigenvalue weighted by atomic mass is 35.5. The quantitative estimate of drug-likeness (QED) is 0.878. The summed E-state index contributed by atoms with van der Waals surface area (Å²) in [4.78, 5) is 14.7. The lowest BCUT2D eigenvalue weighted by atomic mass is 9.93. The van der Waals surface area contributed by atoms with Gasteiger partial charge in [0, 0.05) is 13.1 Å². The third kappa shape index (κ3) is 4.62. The van der Waals surface area contributed by atoms with Gasteiger partial charge in [-0.1, -0.05) is 67.1 Å². The van der Waals surface area contributed by atoms with Crippen LogP contribution >= 0.6 is 12.4 Å². The molecule has 1 fully saturated rings. The predicted molar refractivity (Wildman–Crippen MR) is 105 cm³/mol. The number of nitrogens with two attached hydrogens (primary N) is 1. The monoisotopic (exact) mass is 358 g/mol. The van der Waals surface area contributed by atoms with Crippen LogP contribution in [0, 0.1) is 5.92 Å². The molecule has 1 aliphatic carbocycles. The van der Waals surface area contributed by atoms with Crippen molar-refractivity contribution in [3.05, 3.63) is 71.8 Å². The molecule has 3 nitrogen and oxygen atoms in total. The first-order valence-corrected chi connectivity index (χ1v) is 8.78. The molecule has 134 valence electrons. The first-order chi connectivity index (χ1) is 11.7. The number of carbonyl (C=O) groups excluding carboxylic acids is 1. The summed E-state index contributed by atoms with van der Waals surface area (Å²) >= 11 is 0. The van der Waals surface area contributed by atoms with Crippen LogP contribution in [0.3, 0.4) is 0 Å². The van der Waals surface area contributed by atoms with Crippen LogP contribution in [0.4, 0.5) is 0 Å². The Morgan fingerprint density at radius 2 is 1.68 bits per heavy atom. The molecule has 0 heterocycles. The predicted octanol–water partition coefficient (Wildman–Crippen LogP) is 3.98. The van der Waals surface area contributed by atoms with Crippen LogP contribution in [-0.4, -0.2) is 23.9 Å². The highest BCUT2D eigenvalue weighted by Crippen LogP contribution is 2.33. The largest absolute Gasteiger partial charge is 0.341 e. The number of hydrogen-bond donors (Lipinski definition) is 1. The summed E-state index contributed by atoms with van der Waals surface area (Å²) in [5, 5.41) is 0. The van der Waals surface area contributed by atoms with Gasteiger partial charge < -0.3 is 10.6 Å². The van der Waals surface area contributed by atoms with Crippen molar-refractivity contribution in [3.8, 4) is 0 Å². The molecule has 1 aliphatic rings. The van der Waals surface area contributed by atoms with Crippen molar-refractivity contribution in [2.45, 2.75) is 37.8 Å². The normalized spacial score (nSPS) is 20.6. The van der Waals surface area contributed by atoms with Crippen LogP contribution < -0.4 is 5.73 Å². The highest BCUT2D eigenvalue weighted by molar-refractivity contribution is 5.85. The van der Waals surface area contributed by atoms with E-state index in [1.807, 2.05) is 48.3 Å². The van der Waals surface area contributed by atoms with Gasteiger partial charge in [-0.3, -0.25) is 4.79 Å². The van der Waals surface area contributed by atoms with E-state index < -0.39 is 6.04 Å². The summed E-state index contributed by atoms with van der Waals surface area (Å²) in [6, 6.07) is 19.9. The minimum atomic E-state index is -0.575. The minimum Gasteiger partial charge on any atom is -0.341 e.